The zero-order valence-electron chi connectivity index (χ0n) is 35.9. The number of fused-ring (bicyclic) bond motifs is 2. The van der Waals surface area contributed by atoms with Gasteiger partial charge in [-0.15, -0.1) is 23.2 Å². The Kier molecular flexibility index (Phi) is 19.8. The minimum Gasteiger partial charge on any atom is -0.459 e. The summed E-state index contributed by atoms with van der Waals surface area (Å²) in [5.74, 6) is -8.15. The topological polar surface area (TPSA) is 227 Å². The van der Waals surface area contributed by atoms with E-state index in [2.05, 4.69) is 0 Å². The van der Waals surface area contributed by atoms with E-state index in [-0.39, 0.29) is 45.5 Å². The second-order valence-corrected chi connectivity index (χ2v) is 17.1. The molecule has 0 spiro atoms. The van der Waals surface area contributed by atoms with Crippen molar-refractivity contribution >= 4 is 105 Å². The molecule has 0 aliphatic carbocycles. The number of ketones is 2. The molecule has 2 unspecified atom stereocenters. The van der Waals surface area contributed by atoms with Crippen LogP contribution in [0, 0.1) is 0 Å². The van der Waals surface area contributed by atoms with Crippen molar-refractivity contribution < 1.29 is 79.4 Å². The predicted molar refractivity (Wildman–Crippen MR) is 238 cm³/mol. The monoisotopic (exact) mass is 1010 g/mol. The molecule has 0 saturated carbocycles. The molecule has 0 radical (unpaired) electrons. The van der Waals surface area contributed by atoms with Gasteiger partial charge in [-0.25, -0.2) is 9.59 Å². The average Bonchev–Trinajstić information content (AvgIpc) is 3.19. The van der Waals surface area contributed by atoms with Gasteiger partial charge in [-0.05, 0) is 26.0 Å². The second-order valence-electron chi connectivity index (χ2n) is 14.5. The zero-order chi connectivity index (χ0) is 49.0. The Bertz CT molecular complexity index is 2260. The first-order valence-corrected chi connectivity index (χ1v) is 22.3. The van der Waals surface area contributed by atoms with Gasteiger partial charge in [0.15, 0.2) is 23.1 Å². The van der Waals surface area contributed by atoms with Gasteiger partial charge in [0.05, 0.1) is 20.8 Å². The summed E-state index contributed by atoms with van der Waals surface area (Å²) in [4.78, 5) is 102. The van der Waals surface area contributed by atoms with E-state index in [9.17, 15) is 42.6 Å². The van der Waals surface area contributed by atoms with E-state index in [1.807, 2.05) is 0 Å². The maximum absolute atomic E-state index is 13.9. The van der Waals surface area contributed by atoms with Crippen LogP contribution in [0.4, 0.5) is 0 Å². The van der Waals surface area contributed by atoms with Crippen molar-refractivity contribution in [2.75, 3.05) is 0 Å². The van der Waals surface area contributed by atoms with Gasteiger partial charge < -0.3 is 28.4 Å². The van der Waals surface area contributed by atoms with Crippen LogP contribution in [-0.4, -0.2) is 86.8 Å². The van der Waals surface area contributed by atoms with Gasteiger partial charge in [-0.1, -0.05) is 59.7 Å². The van der Waals surface area contributed by atoms with Crippen LogP contribution in [-0.2, 0) is 70.8 Å². The first-order valence-electron chi connectivity index (χ1n) is 19.7. The van der Waals surface area contributed by atoms with Crippen LogP contribution >= 0.6 is 46.4 Å². The summed E-state index contributed by atoms with van der Waals surface area (Å²) >= 11 is 23.8. The summed E-state index contributed by atoms with van der Waals surface area (Å²) in [6.07, 6.45) is 4.30. The molecule has 17 nitrogen and oxygen atoms in total. The lowest BCUT2D eigenvalue weighted by Gasteiger charge is -2.26. The van der Waals surface area contributed by atoms with Crippen molar-refractivity contribution in [2.24, 2.45) is 0 Å². The Morgan fingerprint density at radius 2 is 0.909 bits per heavy atom. The third-order valence-electron chi connectivity index (χ3n) is 8.94. The molecule has 0 aromatic heterocycles. The van der Waals surface area contributed by atoms with Crippen molar-refractivity contribution in [3.8, 4) is 23.0 Å². The number of halogens is 4. The van der Waals surface area contributed by atoms with Crippen molar-refractivity contribution in [1.82, 2.24) is 0 Å². The smallest absolute Gasteiger partial charge is 0.342 e. The van der Waals surface area contributed by atoms with E-state index in [4.69, 9.17) is 83.2 Å². The minimum atomic E-state index is -2.70. The summed E-state index contributed by atoms with van der Waals surface area (Å²) in [5.41, 5.74) is -1.16. The first-order chi connectivity index (χ1) is 31.0. The normalized spacial score (nSPS) is 24.3. The molecule has 4 rings (SSSR count). The predicted octanol–water partition coefficient (Wildman–Crippen LogP) is 7.30. The standard InChI is InChI=1S/C44H42Cl4O17S/c1-21-15-33(31(45)13-9-7-11-27(53)17-29-39(43(55)58-21)35(60-23(3)49)19-37(41(29)47)62-25(5)51)64-66(57)65-34-16-22(2)59-44(56)40-30(18-28(54)12-8-10-14-32(34)46)42(48)38(63-26(6)52)20-36(40)61-24(4)50/h7-14,19-22,31-34H,15-18H2,1-6H3/b11-7+,12-8+,13-9-,14-10-/t21-,22-,31?,32?,33-,34-,66?/m1/s1. The Morgan fingerprint density at radius 3 is 1.24 bits per heavy atom. The molecule has 66 heavy (non-hydrogen) atoms. The van der Waals surface area contributed by atoms with Gasteiger partial charge in [0, 0.05) is 76.6 Å². The number of cyclic esters (lactones) is 2. The number of allylic oxidation sites excluding steroid dienone is 6. The lowest BCUT2D eigenvalue weighted by molar-refractivity contribution is -0.133. The molecule has 2 aromatic rings. The Labute approximate surface area is 401 Å². The van der Waals surface area contributed by atoms with Crippen molar-refractivity contribution in [3.05, 3.63) is 93.0 Å². The summed E-state index contributed by atoms with van der Waals surface area (Å²) in [7, 11) is 0. The van der Waals surface area contributed by atoms with E-state index in [0.29, 0.717) is 0 Å². The Hall–Kier alpha value is -5.21. The summed E-state index contributed by atoms with van der Waals surface area (Å²) in [6.45, 7) is 7.18. The quantitative estimate of drug-likeness (QED) is 0.143. The highest BCUT2D eigenvalue weighted by Gasteiger charge is 2.34. The molecule has 2 aliphatic rings. The maximum Gasteiger partial charge on any atom is 0.342 e. The minimum absolute atomic E-state index is 0.168. The van der Waals surface area contributed by atoms with Crippen molar-refractivity contribution in [2.45, 2.75) is 102 Å². The highest BCUT2D eigenvalue weighted by molar-refractivity contribution is 7.75. The fourth-order valence-electron chi connectivity index (χ4n) is 6.32. The zero-order valence-corrected chi connectivity index (χ0v) is 39.8. The SMILES string of the molecule is CC(=O)Oc1cc(OC(C)=O)c2c(c1Cl)CC(=O)/C=C/C=C\C(Cl)[C@H](OS(=O)O[C@@H]1C[C@@H](C)OC(=O)c3c(OC(C)=O)cc(OC(C)=O)c(Cl)c3CC(=O)/C=C/C=C\C1Cl)C[C@@H](C)OC2=O. The van der Waals surface area contributed by atoms with Crippen LogP contribution in [0.15, 0.2) is 60.7 Å². The number of hydrogen-bond donors (Lipinski definition) is 0. The number of hydrogen-bond acceptors (Lipinski definition) is 17. The molecule has 354 valence electrons. The molecular weight excluding hydrogens is 974 g/mol. The van der Waals surface area contributed by atoms with E-state index in [1.165, 1.54) is 50.3 Å². The average molecular weight is 1020 g/mol. The lowest BCUT2D eigenvalue weighted by Crippen LogP contribution is -2.34. The van der Waals surface area contributed by atoms with Crippen LogP contribution in [0.25, 0.3) is 0 Å². The maximum atomic E-state index is 13.9. The van der Waals surface area contributed by atoms with Gasteiger partial charge in [0.25, 0.3) is 0 Å². The molecule has 2 heterocycles. The van der Waals surface area contributed by atoms with E-state index in [0.717, 1.165) is 52.0 Å². The second kappa shape index (κ2) is 24.5. The number of alkyl halides is 2. The molecule has 6 atom stereocenters. The van der Waals surface area contributed by atoms with Crippen LogP contribution in [0.3, 0.4) is 0 Å². The van der Waals surface area contributed by atoms with Crippen LogP contribution in [0.1, 0.15) is 86.2 Å². The van der Waals surface area contributed by atoms with Gasteiger partial charge in [-0.3, -0.25) is 37.1 Å². The number of benzene rings is 2. The molecule has 22 heteroatoms. The summed E-state index contributed by atoms with van der Waals surface area (Å²) < 4.78 is 57.6. The van der Waals surface area contributed by atoms with Gasteiger partial charge >= 0.3 is 47.2 Å². The van der Waals surface area contributed by atoms with Gasteiger partial charge in [0.2, 0.25) is 0 Å². The highest BCUT2D eigenvalue weighted by Crippen LogP contribution is 2.41. The molecule has 0 fully saturated rings. The third-order valence-corrected chi connectivity index (χ3v) is 11.4. The molecule has 0 N–H and O–H groups in total. The molecule has 2 aliphatic heterocycles. The molecule has 0 saturated heterocycles. The number of ether oxygens (including phenoxy) is 6. The van der Waals surface area contributed by atoms with Crippen molar-refractivity contribution in [3.63, 3.8) is 0 Å². The van der Waals surface area contributed by atoms with E-state index in [1.54, 1.807) is 0 Å². The number of esters is 6. The van der Waals surface area contributed by atoms with Crippen LogP contribution in [0.2, 0.25) is 10.0 Å². The molecule has 0 bridgehead atoms. The number of carbonyl (C=O) groups is 8. The Morgan fingerprint density at radius 1 is 0.576 bits per heavy atom. The first kappa shape index (κ1) is 53.4. The fourth-order valence-corrected chi connectivity index (χ4v) is 8.27. The van der Waals surface area contributed by atoms with Crippen molar-refractivity contribution in [1.29, 1.82) is 0 Å². The largest absolute Gasteiger partial charge is 0.459 e. The van der Waals surface area contributed by atoms with E-state index < -0.39 is 129 Å². The van der Waals surface area contributed by atoms with Crippen LogP contribution in [0.5, 0.6) is 23.0 Å². The van der Waals surface area contributed by atoms with Gasteiger partial charge in [0.1, 0.15) is 47.0 Å². The summed E-state index contributed by atoms with van der Waals surface area (Å²) in [6, 6.07) is 2.06. The number of rotatable bonds is 8. The number of carbonyl (C=O) groups excluding carboxylic acids is 8. The molecule has 0 amide bonds. The van der Waals surface area contributed by atoms with E-state index >= 15 is 0 Å². The highest BCUT2D eigenvalue weighted by atomic mass is 35.5. The summed E-state index contributed by atoms with van der Waals surface area (Å²) in [5, 5.41) is -2.81. The fraction of sp³-hybridized carbons (Fsp3) is 0.364. The van der Waals surface area contributed by atoms with Gasteiger partial charge in [-0.2, -0.15) is 4.21 Å². The Balaban J connectivity index is 1.66. The lowest BCUT2D eigenvalue weighted by atomic mass is 9.99. The molecular formula is C44H42Cl4O17S. The van der Waals surface area contributed by atoms with Crippen LogP contribution < -0.4 is 18.9 Å². The molecule has 2 aromatic carbocycles. The third kappa shape index (κ3) is 15.4.